The molecule has 0 aliphatic heterocycles. The van der Waals surface area contributed by atoms with Crippen molar-refractivity contribution in [2.24, 2.45) is 0 Å². The number of rotatable bonds is 1. The van der Waals surface area contributed by atoms with E-state index in [4.69, 9.17) is 0 Å². The van der Waals surface area contributed by atoms with E-state index >= 15 is 0 Å². The van der Waals surface area contributed by atoms with Gasteiger partial charge in [-0.05, 0) is 12.5 Å². The fourth-order valence-electron chi connectivity index (χ4n) is 0.802. The Labute approximate surface area is 120 Å². The quantitative estimate of drug-likeness (QED) is 0.599. The van der Waals surface area contributed by atoms with Gasteiger partial charge in [0.05, 0.1) is 5.97 Å². The van der Waals surface area contributed by atoms with Crippen LogP contribution in [0.5, 0.6) is 0 Å². The van der Waals surface area contributed by atoms with Crippen molar-refractivity contribution in [3.63, 3.8) is 0 Å². The fourth-order valence-corrected chi connectivity index (χ4v) is 0.802. The SMILES string of the molecule is Cc1ccccc1C(=O)[O-].O.[Hg+].[Na]. The number of carbonyl (C=O) groups is 1. The van der Waals surface area contributed by atoms with E-state index in [0.29, 0.717) is 0 Å². The summed E-state index contributed by atoms with van der Waals surface area (Å²) in [5, 5.41) is 10.3. The first-order valence-electron chi connectivity index (χ1n) is 2.99. The van der Waals surface area contributed by atoms with Crippen LogP contribution in [-0.2, 0) is 27.7 Å². The van der Waals surface area contributed by atoms with Crippen molar-refractivity contribution in [3.8, 4) is 0 Å². The molecule has 2 radical (unpaired) electrons. The molecule has 3 nitrogen and oxygen atoms in total. The second-order valence-electron chi connectivity index (χ2n) is 2.10. The molecule has 0 amide bonds. The van der Waals surface area contributed by atoms with Crippen LogP contribution >= 0.6 is 0 Å². The van der Waals surface area contributed by atoms with Gasteiger partial charge in [0.15, 0.2) is 0 Å². The minimum absolute atomic E-state index is 0. The van der Waals surface area contributed by atoms with Gasteiger partial charge in [0.2, 0.25) is 0 Å². The molecular formula is C8H9HgNaO3. The van der Waals surface area contributed by atoms with Gasteiger partial charge in [-0.15, -0.1) is 0 Å². The second-order valence-corrected chi connectivity index (χ2v) is 2.10. The number of carboxylic acid groups (broad SMARTS) is 1. The Morgan fingerprint density at radius 3 is 2.08 bits per heavy atom. The molecule has 0 fully saturated rings. The maximum atomic E-state index is 10.3. The maximum Gasteiger partial charge on any atom is 1.00 e. The first kappa shape index (κ1) is 19.2. The Morgan fingerprint density at radius 2 is 1.77 bits per heavy atom. The Morgan fingerprint density at radius 1 is 1.31 bits per heavy atom. The zero-order valence-corrected chi connectivity index (χ0v) is 15.3. The standard InChI is InChI=1S/C8H8O2.Hg.Na.H2O/c1-6-4-2-3-5-7(6)8(9)10;;;/h2-5H,1H3,(H,9,10);;;1H2/q;+1;;/p-1. The molecule has 2 N–H and O–H groups in total. The van der Waals surface area contributed by atoms with Gasteiger partial charge in [-0.3, -0.25) is 0 Å². The van der Waals surface area contributed by atoms with E-state index < -0.39 is 5.97 Å². The van der Waals surface area contributed by atoms with Crippen LogP contribution in [-0.4, -0.2) is 41.0 Å². The van der Waals surface area contributed by atoms with E-state index in [9.17, 15) is 9.90 Å². The average Bonchev–Trinajstić information content (AvgIpc) is 1.88. The normalized spacial score (nSPS) is 7.15. The van der Waals surface area contributed by atoms with E-state index in [1.807, 2.05) is 0 Å². The van der Waals surface area contributed by atoms with E-state index in [1.165, 1.54) is 6.07 Å². The van der Waals surface area contributed by atoms with E-state index in [-0.39, 0.29) is 68.3 Å². The van der Waals surface area contributed by atoms with Gasteiger partial charge in [0, 0.05) is 35.1 Å². The van der Waals surface area contributed by atoms with Gasteiger partial charge in [0.25, 0.3) is 0 Å². The van der Waals surface area contributed by atoms with Gasteiger partial charge < -0.3 is 15.4 Å². The predicted molar refractivity (Wildman–Crippen MR) is 44.9 cm³/mol. The summed E-state index contributed by atoms with van der Waals surface area (Å²) in [5.41, 5.74) is 1.00. The number of carbonyl (C=O) groups excluding carboxylic acids is 1. The molecule has 0 saturated heterocycles. The molecule has 0 unspecified atom stereocenters. The third-order valence-electron chi connectivity index (χ3n) is 1.36. The first-order valence-corrected chi connectivity index (χ1v) is 2.99. The molecular weight excluding hydrogens is 368 g/mol. The average molecular weight is 377 g/mol. The molecule has 1 aromatic carbocycles. The van der Waals surface area contributed by atoms with Crippen LogP contribution < -0.4 is 5.11 Å². The van der Waals surface area contributed by atoms with Gasteiger partial charge >= 0.3 is 27.7 Å². The minimum atomic E-state index is -1.11. The molecule has 62 valence electrons. The molecule has 0 bridgehead atoms. The van der Waals surface area contributed by atoms with E-state index in [2.05, 4.69) is 0 Å². The zero-order valence-electron chi connectivity index (χ0n) is 7.83. The van der Waals surface area contributed by atoms with Crippen LogP contribution in [0.25, 0.3) is 0 Å². The topological polar surface area (TPSA) is 71.6 Å². The Hall–Kier alpha value is 0.585. The molecule has 1 rings (SSSR count). The summed E-state index contributed by atoms with van der Waals surface area (Å²) in [6.45, 7) is 1.74. The number of carboxylic acids is 1. The number of benzene rings is 1. The summed E-state index contributed by atoms with van der Waals surface area (Å²) in [6.07, 6.45) is 0. The van der Waals surface area contributed by atoms with Crippen molar-refractivity contribution in [1.82, 2.24) is 0 Å². The Bertz CT molecular complexity index is 265. The number of aromatic carboxylic acids is 1. The molecule has 0 atom stereocenters. The smallest absolute Gasteiger partial charge is 0.545 e. The van der Waals surface area contributed by atoms with Crippen molar-refractivity contribution in [2.75, 3.05) is 0 Å². The Kier molecular flexibility index (Phi) is 13.5. The number of aryl methyl sites for hydroxylation is 1. The molecule has 0 heterocycles. The van der Waals surface area contributed by atoms with Gasteiger partial charge in [-0.2, -0.15) is 0 Å². The van der Waals surface area contributed by atoms with Gasteiger partial charge in [-0.25, -0.2) is 0 Å². The van der Waals surface area contributed by atoms with Gasteiger partial charge in [0.1, 0.15) is 0 Å². The molecule has 5 heteroatoms. The fraction of sp³-hybridized carbons (Fsp3) is 0.125. The van der Waals surface area contributed by atoms with Crippen LogP contribution in [0.2, 0.25) is 0 Å². The Balaban J connectivity index is -0.000000333. The van der Waals surface area contributed by atoms with Crippen molar-refractivity contribution in [1.29, 1.82) is 0 Å². The summed E-state index contributed by atoms with van der Waals surface area (Å²) in [5.74, 6) is -1.11. The van der Waals surface area contributed by atoms with Crippen LogP contribution in [0.3, 0.4) is 0 Å². The molecule has 1 aromatic rings. The third-order valence-corrected chi connectivity index (χ3v) is 1.36. The molecule has 0 aliphatic rings. The maximum absolute atomic E-state index is 10.3. The van der Waals surface area contributed by atoms with Crippen molar-refractivity contribution < 1.29 is 43.0 Å². The summed E-state index contributed by atoms with van der Waals surface area (Å²) in [7, 11) is 0. The summed E-state index contributed by atoms with van der Waals surface area (Å²) in [4.78, 5) is 10.3. The second kappa shape index (κ2) is 9.15. The van der Waals surface area contributed by atoms with Crippen molar-refractivity contribution in [3.05, 3.63) is 35.4 Å². The molecule has 0 spiro atoms. The summed E-state index contributed by atoms with van der Waals surface area (Å²) >= 11 is 0. The third kappa shape index (κ3) is 5.81. The summed E-state index contributed by atoms with van der Waals surface area (Å²) in [6, 6.07) is 6.75. The van der Waals surface area contributed by atoms with Crippen LogP contribution in [0.4, 0.5) is 0 Å². The molecule has 0 saturated carbocycles. The van der Waals surface area contributed by atoms with Crippen molar-refractivity contribution >= 4 is 35.5 Å². The monoisotopic (exact) mass is 378 g/mol. The zero-order chi connectivity index (χ0) is 7.56. The number of hydrogen-bond donors (Lipinski definition) is 0. The largest absolute Gasteiger partial charge is 1.00 e. The molecule has 0 aromatic heterocycles. The van der Waals surface area contributed by atoms with Crippen molar-refractivity contribution in [2.45, 2.75) is 6.92 Å². The molecule has 0 aliphatic carbocycles. The van der Waals surface area contributed by atoms with E-state index in [1.54, 1.807) is 25.1 Å². The van der Waals surface area contributed by atoms with Gasteiger partial charge in [-0.1, -0.05) is 24.3 Å². The first-order chi connectivity index (χ1) is 4.72. The minimum Gasteiger partial charge on any atom is -0.545 e. The molecule has 13 heavy (non-hydrogen) atoms. The van der Waals surface area contributed by atoms with Crippen LogP contribution in [0.15, 0.2) is 24.3 Å². The van der Waals surface area contributed by atoms with E-state index in [0.717, 1.165) is 5.56 Å². The number of hydrogen-bond acceptors (Lipinski definition) is 2. The van der Waals surface area contributed by atoms with Crippen LogP contribution in [0, 0.1) is 6.92 Å². The van der Waals surface area contributed by atoms with Crippen LogP contribution in [0.1, 0.15) is 15.9 Å². The predicted octanol–water partition coefficient (Wildman–Crippen LogP) is -0.849. The summed E-state index contributed by atoms with van der Waals surface area (Å²) < 4.78 is 0.